The normalized spacial score (nSPS) is 9.82. The molecule has 1 rings (SSSR count). The standard InChI is InChI=1S/C16H17ClO5/c1-4-21-16(20)9-22-13-6-5-12(15(17)8-13)7-14(10(2)18)11(3)19/h5-8H,4,9H2,1-3H3. The van der Waals surface area contributed by atoms with Crippen LogP contribution in [0.5, 0.6) is 5.75 Å². The lowest BCUT2D eigenvalue weighted by molar-refractivity contribution is -0.145. The minimum atomic E-state index is -0.474. The molecule has 0 bridgehead atoms. The number of esters is 1. The van der Waals surface area contributed by atoms with Crippen LogP contribution in [0.4, 0.5) is 0 Å². The van der Waals surface area contributed by atoms with E-state index >= 15 is 0 Å². The molecule has 0 aliphatic rings. The van der Waals surface area contributed by atoms with Crippen molar-refractivity contribution in [3.05, 3.63) is 34.4 Å². The average Bonchev–Trinajstić information content (AvgIpc) is 2.43. The molecule has 0 unspecified atom stereocenters. The highest BCUT2D eigenvalue weighted by Gasteiger charge is 2.11. The number of halogens is 1. The number of hydrogen-bond donors (Lipinski definition) is 0. The van der Waals surface area contributed by atoms with Crippen molar-refractivity contribution in [3.63, 3.8) is 0 Å². The van der Waals surface area contributed by atoms with Crippen LogP contribution in [-0.4, -0.2) is 30.7 Å². The molecule has 118 valence electrons. The summed E-state index contributed by atoms with van der Waals surface area (Å²) in [6, 6.07) is 4.70. The molecule has 0 amide bonds. The maximum absolute atomic E-state index is 11.4. The molecule has 22 heavy (non-hydrogen) atoms. The van der Waals surface area contributed by atoms with Crippen molar-refractivity contribution in [3.8, 4) is 5.75 Å². The van der Waals surface area contributed by atoms with Gasteiger partial charge in [0.25, 0.3) is 0 Å². The Morgan fingerprint density at radius 1 is 1.18 bits per heavy atom. The summed E-state index contributed by atoms with van der Waals surface area (Å²) < 4.78 is 9.98. The fourth-order valence-corrected chi connectivity index (χ4v) is 1.89. The molecular formula is C16H17ClO5. The van der Waals surface area contributed by atoms with Gasteiger partial charge >= 0.3 is 5.97 Å². The molecule has 0 aromatic heterocycles. The zero-order valence-corrected chi connectivity index (χ0v) is 13.4. The summed E-state index contributed by atoms with van der Waals surface area (Å²) in [4.78, 5) is 34.0. The predicted octanol–water partition coefficient (Wildman–Crippen LogP) is 2.84. The van der Waals surface area contributed by atoms with Crippen LogP contribution >= 0.6 is 11.6 Å². The maximum atomic E-state index is 11.4. The maximum Gasteiger partial charge on any atom is 0.344 e. The second-order valence-electron chi connectivity index (χ2n) is 4.45. The number of benzene rings is 1. The zero-order valence-electron chi connectivity index (χ0n) is 12.6. The molecule has 0 N–H and O–H groups in total. The Morgan fingerprint density at radius 2 is 1.82 bits per heavy atom. The SMILES string of the molecule is CCOC(=O)COc1ccc(C=C(C(C)=O)C(C)=O)c(Cl)c1. The number of ketones is 2. The Morgan fingerprint density at radius 3 is 2.32 bits per heavy atom. The van der Waals surface area contributed by atoms with E-state index in [1.54, 1.807) is 19.1 Å². The van der Waals surface area contributed by atoms with Crippen LogP contribution in [0.3, 0.4) is 0 Å². The van der Waals surface area contributed by atoms with Crippen molar-refractivity contribution in [2.45, 2.75) is 20.8 Å². The molecule has 1 aromatic carbocycles. The Balaban J connectivity index is 2.90. The van der Waals surface area contributed by atoms with Gasteiger partial charge in [-0.25, -0.2) is 4.79 Å². The Labute approximate surface area is 133 Å². The third kappa shape index (κ3) is 5.33. The summed E-state index contributed by atoms with van der Waals surface area (Å²) in [5.41, 5.74) is 0.590. The molecule has 0 aliphatic heterocycles. The smallest absolute Gasteiger partial charge is 0.344 e. The van der Waals surface area contributed by atoms with Crippen LogP contribution in [0, 0.1) is 0 Å². The number of hydrogen-bond acceptors (Lipinski definition) is 5. The molecule has 0 saturated heterocycles. The largest absolute Gasteiger partial charge is 0.482 e. The first-order valence-electron chi connectivity index (χ1n) is 6.66. The number of allylic oxidation sites excluding steroid dienone is 1. The number of carbonyl (C=O) groups is 3. The highest BCUT2D eigenvalue weighted by atomic mass is 35.5. The third-order valence-electron chi connectivity index (χ3n) is 2.69. The zero-order chi connectivity index (χ0) is 16.7. The summed E-state index contributed by atoms with van der Waals surface area (Å²) >= 11 is 6.10. The Hall–Kier alpha value is -2.14. The molecule has 1 aromatic rings. The van der Waals surface area contributed by atoms with Crippen LogP contribution in [0.25, 0.3) is 6.08 Å². The van der Waals surface area contributed by atoms with Gasteiger partial charge in [-0.2, -0.15) is 0 Å². The number of Topliss-reactive ketones (excluding diaryl/α,β-unsaturated/α-hetero) is 2. The fraction of sp³-hybridized carbons (Fsp3) is 0.312. The van der Waals surface area contributed by atoms with Crippen molar-refractivity contribution in [2.75, 3.05) is 13.2 Å². The van der Waals surface area contributed by atoms with Gasteiger partial charge < -0.3 is 9.47 Å². The minimum Gasteiger partial charge on any atom is -0.482 e. The molecule has 0 heterocycles. The van der Waals surface area contributed by atoms with Crippen LogP contribution in [0.15, 0.2) is 23.8 Å². The van der Waals surface area contributed by atoms with Crippen LogP contribution in [0.1, 0.15) is 26.3 Å². The molecule has 0 radical (unpaired) electrons. The Kier molecular flexibility index (Phi) is 6.79. The van der Waals surface area contributed by atoms with Crippen molar-refractivity contribution >= 4 is 35.2 Å². The first-order valence-corrected chi connectivity index (χ1v) is 7.04. The van der Waals surface area contributed by atoms with Crippen molar-refractivity contribution in [1.82, 2.24) is 0 Å². The molecule has 0 fully saturated rings. The highest BCUT2D eigenvalue weighted by molar-refractivity contribution is 6.33. The summed E-state index contributed by atoms with van der Waals surface area (Å²) in [5.74, 6) is -0.738. The third-order valence-corrected chi connectivity index (χ3v) is 3.02. The minimum absolute atomic E-state index is 0.0714. The van der Waals surface area contributed by atoms with Gasteiger partial charge in [-0.3, -0.25) is 9.59 Å². The number of ether oxygens (including phenoxy) is 2. The monoisotopic (exact) mass is 324 g/mol. The number of rotatable bonds is 7. The van der Waals surface area contributed by atoms with E-state index in [0.29, 0.717) is 16.3 Å². The quantitative estimate of drug-likeness (QED) is 0.334. The van der Waals surface area contributed by atoms with E-state index in [4.69, 9.17) is 21.1 Å². The topological polar surface area (TPSA) is 69.7 Å². The molecule has 0 spiro atoms. The molecule has 0 atom stereocenters. The van der Waals surface area contributed by atoms with Gasteiger partial charge in [0.05, 0.1) is 17.2 Å². The van der Waals surface area contributed by atoms with Crippen LogP contribution in [-0.2, 0) is 19.1 Å². The van der Waals surface area contributed by atoms with E-state index in [0.717, 1.165) is 0 Å². The van der Waals surface area contributed by atoms with Crippen molar-refractivity contribution in [2.24, 2.45) is 0 Å². The van der Waals surface area contributed by atoms with Crippen LogP contribution < -0.4 is 4.74 Å². The first-order chi connectivity index (χ1) is 10.3. The van der Waals surface area contributed by atoms with E-state index in [2.05, 4.69) is 0 Å². The summed E-state index contributed by atoms with van der Waals surface area (Å²) in [7, 11) is 0. The fourth-order valence-electron chi connectivity index (χ4n) is 1.67. The lowest BCUT2D eigenvalue weighted by atomic mass is 10.0. The van der Waals surface area contributed by atoms with Gasteiger partial charge in [0.1, 0.15) is 5.75 Å². The lowest BCUT2D eigenvalue weighted by Gasteiger charge is -2.08. The van der Waals surface area contributed by atoms with Crippen molar-refractivity contribution < 1.29 is 23.9 Å². The van der Waals surface area contributed by atoms with Gasteiger partial charge in [-0.1, -0.05) is 11.6 Å². The van der Waals surface area contributed by atoms with E-state index < -0.39 is 5.97 Å². The first kappa shape index (κ1) is 17.9. The van der Waals surface area contributed by atoms with Gasteiger partial charge in [0.2, 0.25) is 0 Å². The van der Waals surface area contributed by atoms with Gasteiger partial charge in [0, 0.05) is 0 Å². The van der Waals surface area contributed by atoms with Crippen molar-refractivity contribution in [1.29, 1.82) is 0 Å². The second kappa shape index (κ2) is 8.34. The van der Waals surface area contributed by atoms with Crippen LogP contribution in [0.2, 0.25) is 5.02 Å². The van der Waals surface area contributed by atoms with E-state index in [1.165, 1.54) is 26.0 Å². The lowest BCUT2D eigenvalue weighted by Crippen LogP contribution is -2.14. The molecular weight excluding hydrogens is 308 g/mol. The van der Waals surface area contributed by atoms with Gasteiger partial charge in [-0.15, -0.1) is 0 Å². The Bertz CT molecular complexity index is 603. The summed E-state index contributed by atoms with van der Waals surface area (Å²) in [6.45, 7) is 4.41. The van der Waals surface area contributed by atoms with Gasteiger partial charge in [-0.05, 0) is 50.6 Å². The molecule has 0 aliphatic carbocycles. The van der Waals surface area contributed by atoms with E-state index in [9.17, 15) is 14.4 Å². The molecule has 0 saturated carbocycles. The van der Waals surface area contributed by atoms with Gasteiger partial charge in [0.15, 0.2) is 18.2 Å². The second-order valence-corrected chi connectivity index (χ2v) is 4.85. The van der Waals surface area contributed by atoms with E-state index in [1.807, 2.05) is 0 Å². The summed E-state index contributed by atoms with van der Waals surface area (Å²) in [5, 5.41) is 0.307. The average molecular weight is 325 g/mol. The number of carbonyl (C=O) groups excluding carboxylic acids is 3. The molecule has 5 nitrogen and oxygen atoms in total. The van der Waals surface area contributed by atoms with E-state index in [-0.39, 0.29) is 30.4 Å². The predicted molar refractivity (Wildman–Crippen MR) is 82.9 cm³/mol. The summed E-state index contributed by atoms with van der Waals surface area (Å²) in [6.07, 6.45) is 1.43. The molecule has 6 heteroatoms. The highest BCUT2D eigenvalue weighted by Crippen LogP contribution is 2.25.